The molecule has 0 radical (unpaired) electrons. The molecule has 1 saturated carbocycles. The highest BCUT2D eigenvalue weighted by molar-refractivity contribution is 5.91. The minimum atomic E-state index is -0.269. The molecular weight excluding hydrogens is 453 g/mol. The Bertz CT molecular complexity index is 1310. The summed E-state index contributed by atoms with van der Waals surface area (Å²) in [7, 11) is 0. The van der Waals surface area contributed by atoms with Gasteiger partial charge in [-0.05, 0) is 68.5 Å². The molecule has 8 heteroatoms. The number of fused-ring (bicyclic) bond motifs is 1. The predicted molar refractivity (Wildman–Crippen MR) is 143 cm³/mol. The van der Waals surface area contributed by atoms with Gasteiger partial charge in [-0.3, -0.25) is 0 Å². The van der Waals surface area contributed by atoms with E-state index in [0.29, 0.717) is 12.0 Å². The minimum absolute atomic E-state index is 0.269. The van der Waals surface area contributed by atoms with Crippen LogP contribution in [-0.4, -0.2) is 43.7 Å². The van der Waals surface area contributed by atoms with Crippen molar-refractivity contribution in [2.24, 2.45) is 0 Å². The molecule has 0 spiro atoms. The lowest BCUT2D eigenvalue weighted by Gasteiger charge is -2.27. The quantitative estimate of drug-likeness (QED) is 0.343. The molecule has 36 heavy (non-hydrogen) atoms. The summed E-state index contributed by atoms with van der Waals surface area (Å²) in [6.45, 7) is 7.94. The van der Waals surface area contributed by atoms with Crippen LogP contribution in [0.25, 0.3) is 28.0 Å². The molecule has 2 fully saturated rings. The molecule has 4 heterocycles. The summed E-state index contributed by atoms with van der Waals surface area (Å²) in [5.74, 6) is 1.21. The third-order valence-corrected chi connectivity index (χ3v) is 6.89. The standard InChI is InChI=1S/C26H28FN7.C2H4/c27-19-10-8-18(9-11-19)24-23(21-12-14-28-25(31-21)30-20-6-2-3-7-20)22-13-15-29-26(34(22)32-24)33-16-4-1-5-17-33;1-2/h8-15,20H,1-7,16-17H2,(H,28,30,31);1-2H2. The Labute approximate surface area is 211 Å². The summed E-state index contributed by atoms with van der Waals surface area (Å²) in [6, 6.07) is 10.8. The number of anilines is 2. The van der Waals surface area contributed by atoms with Gasteiger partial charge in [-0.2, -0.15) is 9.61 Å². The fraction of sp³-hybridized carbons (Fsp3) is 0.357. The Morgan fingerprint density at radius 3 is 2.33 bits per heavy atom. The van der Waals surface area contributed by atoms with Crippen LogP contribution >= 0.6 is 0 Å². The van der Waals surface area contributed by atoms with Crippen molar-refractivity contribution >= 4 is 17.4 Å². The molecule has 6 rings (SSSR count). The maximum Gasteiger partial charge on any atom is 0.227 e. The number of piperidine rings is 1. The van der Waals surface area contributed by atoms with Crippen LogP contribution in [0.15, 0.2) is 61.9 Å². The summed E-state index contributed by atoms with van der Waals surface area (Å²) in [4.78, 5) is 16.4. The molecule has 1 aromatic carbocycles. The third-order valence-electron chi connectivity index (χ3n) is 6.89. The molecule has 1 N–H and O–H groups in total. The van der Waals surface area contributed by atoms with E-state index in [4.69, 9.17) is 15.1 Å². The zero-order valence-electron chi connectivity index (χ0n) is 20.5. The van der Waals surface area contributed by atoms with Crippen molar-refractivity contribution in [3.8, 4) is 22.5 Å². The average Bonchev–Trinajstić information content (AvgIpc) is 3.59. The third kappa shape index (κ3) is 4.80. The van der Waals surface area contributed by atoms with Crippen LogP contribution in [0, 0.1) is 5.82 Å². The lowest BCUT2D eigenvalue weighted by Crippen LogP contribution is -2.32. The highest BCUT2D eigenvalue weighted by Crippen LogP contribution is 2.36. The van der Waals surface area contributed by atoms with Gasteiger partial charge in [-0.25, -0.2) is 19.3 Å². The molecule has 7 nitrogen and oxygen atoms in total. The van der Waals surface area contributed by atoms with Gasteiger partial charge in [-0.1, -0.05) is 12.8 Å². The van der Waals surface area contributed by atoms with Crippen molar-refractivity contribution in [1.82, 2.24) is 24.6 Å². The lowest BCUT2D eigenvalue weighted by molar-refractivity contribution is 0.562. The fourth-order valence-electron chi connectivity index (χ4n) is 5.16. The Morgan fingerprint density at radius 2 is 1.58 bits per heavy atom. The van der Waals surface area contributed by atoms with Gasteiger partial charge < -0.3 is 10.2 Å². The first-order chi connectivity index (χ1) is 17.8. The molecule has 1 saturated heterocycles. The normalized spacial score (nSPS) is 16.1. The Morgan fingerprint density at radius 1 is 0.861 bits per heavy atom. The fourth-order valence-corrected chi connectivity index (χ4v) is 5.16. The van der Waals surface area contributed by atoms with Gasteiger partial charge in [0.25, 0.3) is 0 Å². The summed E-state index contributed by atoms with van der Waals surface area (Å²) in [5, 5.41) is 8.51. The molecule has 0 unspecified atom stereocenters. The van der Waals surface area contributed by atoms with E-state index in [1.807, 2.05) is 22.8 Å². The summed E-state index contributed by atoms with van der Waals surface area (Å²) in [5.41, 5.74) is 4.23. The van der Waals surface area contributed by atoms with Crippen LogP contribution in [0.5, 0.6) is 0 Å². The van der Waals surface area contributed by atoms with Crippen molar-refractivity contribution in [2.45, 2.75) is 51.0 Å². The van der Waals surface area contributed by atoms with Crippen molar-refractivity contribution in [3.63, 3.8) is 0 Å². The lowest BCUT2D eigenvalue weighted by atomic mass is 10.0. The topological polar surface area (TPSA) is 71.2 Å². The summed E-state index contributed by atoms with van der Waals surface area (Å²) in [6.07, 6.45) is 12.0. The van der Waals surface area contributed by atoms with Gasteiger partial charge in [0.2, 0.25) is 11.9 Å². The second-order valence-electron chi connectivity index (χ2n) is 9.21. The van der Waals surface area contributed by atoms with Crippen molar-refractivity contribution in [1.29, 1.82) is 0 Å². The van der Waals surface area contributed by atoms with Gasteiger partial charge in [0.1, 0.15) is 11.5 Å². The molecule has 186 valence electrons. The number of nitrogens with one attached hydrogen (secondary N) is 1. The van der Waals surface area contributed by atoms with Crippen LogP contribution in [0.1, 0.15) is 44.9 Å². The average molecular weight is 486 g/mol. The van der Waals surface area contributed by atoms with Crippen LogP contribution in [0.3, 0.4) is 0 Å². The smallest absolute Gasteiger partial charge is 0.227 e. The van der Waals surface area contributed by atoms with E-state index >= 15 is 0 Å². The monoisotopic (exact) mass is 485 g/mol. The SMILES string of the molecule is C=C.Fc1ccc(-c2nn3c(N4CCCCC4)nccc3c2-c2ccnc(NC3CCCC3)n2)cc1. The Hall–Kier alpha value is -3.81. The second-order valence-corrected chi connectivity index (χ2v) is 9.21. The molecule has 2 aliphatic rings. The van der Waals surface area contributed by atoms with Gasteiger partial charge in [0.05, 0.1) is 16.8 Å². The maximum absolute atomic E-state index is 13.7. The van der Waals surface area contributed by atoms with Crippen molar-refractivity contribution in [3.05, 3.63) is 67.8 Å². The van der Waals surface area contributed by atoms with Crippen molar-refractivity contribution < 1.29 is 4.39 Å². The highest BCUT2D eigenvalue weighted by atomic mass is 19.1. The first-order valence-electron chi connectivity index (χ1n) is 12.7. The molecule has 1 aliphatic heterocycles. The molecule has 0 amide bonds. The zero-order chi connectivity index (χ0) is 24.9. The van der Waals surface area contributed by atoms with Gasteiger partial charge >= 0.3 is 0 Å². The predicted octanol–water partition coefficient (Wildman–Crippen LogP) is 6.14. The van der Waals surface area contributed by atoms with Crippen LogP contribution < -0.4 is 10.2 Å². The number of halogens is 1. The van der Waals surface area contributed by atoms with E-state index in [9.17, 15) is 4.39 Å². The molecule has 1 aliphatic carbocycles. The highest BCUT2D eigenvalue weighted by Gasteiger charge is 2.23. The van der Waals surface area contributed by atoms with E-state index in [0.717, 1.165) is 72.8 Å². The number of aromatic nitrogens is 5. The van der Waals surface area contributed by atoms with E-state index < -0.39 is 0 Å². The van der Waals surface area contributed by atoms with Gasteiger partial charge in [-0.15, -0.1) is 13.2 Å². The molecule has 0 bridgehead atoms. The number of benzene rings is 1. The molecule has 0 atom stereocenters. The van der Waals surface area contributed by atoms with E-state index in [1.165, 1.54) is 31.4 Å². The Kier molecular flexibility index (Phi) is 7.21. The number of rotatable bonds is 5. The summed E-state index contributed by atoms with van der Waals surface area (Å²) < 4.78 is 15.6. The Balaban J connectivity index is 0.00000130. The number of hydrogen-bond acceptors (Lipinski definition) is 6. The van der Waals surface area contributed by atoms with E-state index in [1.54, 1.807) is 18.3 Å². The molecular formula is C28H32FN7. The first-order valence-corrected chi connectivity index (χ1v) is 12.7. The van der Waals surface area contributed by atoms with Crippen LogP contribution in [0.4, 0.5) is 16.3 Å². The first kappa shape index (κ1) is 23.9. The summed E-state index contributed by atoms with van der Waals surface area (Å²) >= 11 is 0. The van der Waals surface area contributed by atoms with Gasteiger partial charge in [0.15, 0.2) is 0 Å². The minimum Gasteiger partial charge on any atom is -0.351 e. The maximum atomic E-state index is 13.7. The van der Waals surface area contributed by atoms with E-state index in [-0.39, 0.29) is 5.82 Å². The van der Waals surface area contributed by atoms with E-state index in [2.05, 4.69) is 28.4 Å². The second kappa shape index (κ2) is 10.8. The van der Waals surface area contributed by atoms with Crippen LogP contribution in [0.2, 0.25) is 0 Å². The zero-order valence-corrected chi connectivity index (χ0v) is 20.5. The van der Waals surface area contributed by atoms with Gasteiger partial charge in [0, 0.05) is 37.1 Å². The number of hydrogen-bond donors (Lipinski definition) is 1. The van der Waals surface area contributed by atoms with Crippen molar-refractivity contribution in [2.75, 3.05) is 23.3 Å². The largest absolute Gasteiger partial charge is 0.351 e. The molecule has 4 aromatic rings. The molecule has 3 aromatic heterocycles. The number of nitrogens with zero attached hydrogens (tertiary/aromatic N) is 6. The van der Waals surface area contributed by atoms with Crippen LogP contribution in [-0.2, 0) is 0 Å².